The zero-order valence-corrected chi connectivity index (χ0v) is 19.6. The van der Waals surface area contributed by atoms with Crippen LogP contribution in [0.25, 0.3) is 21.9 Å². The summed E-state index contributed by atoms with van der Waals surface area (Å²) in [6.07, 6.45) is -0.00262. The number of pyridine rings is 1. The normalized spacial score (nSPS) is 14.2. The predicted octanol–water partition coefficient (Wildman–Crippen LogP) is 3.86. The number of anilines is 1. The van der Waals surface area contributed by atoms with E-state index in [0.29, 0.717) is 42.9 Å². The zero-order chi connectivity index (χ0) is 24.0. The molecule has 0 aliphatic carbocycles. The van der Waals surface area contributed by atoms with Crippen LogP contribution in [0.4, 0.5) is 5.82 Å². The molecule has 1 aliphatic rings. The Morgan fingerprint density at radius 1 is 1.00 bits per heavy atom. The molecule has 0 unspecified atom stereocenters. The number of benzene rings is 2. The Kier molecular flexibility index (Phi) is 5.48. The van der Waals surface area contributed by atoms with Gasteiger partial charge in [0, 0.05) is 42.5 Å². The first-order valence-electron chi connectivity index (χ1n) is 11.5. The Labute approximate surface area is 197 Å². The van der Waals surface area contributed by atoms with Gasteiger partial charge in [-0.25, -0.2) is 9.78 Å². The van der Waals surface area contributed by atoms with E-state index in [1.165, 1.54) is 5.56 Å². The zero-order valence-electron chi connectivity index (χ0n) is 19.6. The first-order chi connectivity index (χ1) is 16.3. The summed E-state index contributed by atoms with van der Waals surface area (Å²) in [5.41, 5.74) is 3.60. The van der Waals surface area contributed by atoms with Gasteiger partial charge in [0.1, 0.15) is 17.2 Å². The molecular weight excluding hydrogens is 430 g/mol. The maximum atomic E-state index is 13.1. The number of nitrogens with zero attached hydrogens (tertiary/aromatic N) is 3. The number of aromatic nitrogens is 1. The van der Waals surface area contributed by atoms with Gasteiger partial charge in [-0.05, 0) is 56.2 Å². The highest BCUT2D eigenvalue weighted by Crippen LogP contribution is 2.29. The minimum Gasteiger partial charge on any atom is -0.508 e. The van der Waals surface area contributed by atoms with Crippen LogP contribution in [0, 0.1) is 20.8 Å². The van der Waals surface area contributed by atoms with Crippen molar-refractivity contribution in [2.75, 3.05) is 31.1 Å². The van der Waals surface area contributed by atoms with Gasteiger partial charge < -0.3 is 19.3 Å². The smallest absolute Gasteiger partial charge is 0.340 e. The summed E-state index contributed by atoms with van der Waals surface area (Å²) in [4.78, 5) is 34.6. The molecule has 1 fully saturated rings. The number of amides is 1. The van der Waals surface area contributed by atoms with Crippen LogP contribution in [0.15, 0.2) is 51.7 Å². The molecule has 0 spiro atoms. The number of phenols is 1. The Morgan fingerprint density at radius 3 is 2.50 bits per heavy atom. The van der Waals surface area contributed by atoms with Crippen LogP contribution in [-0.4, -0.2) is 47.1 Å². The summed E-state index contributed by atoms with van der Waals surface area (Å²) in [7, 11) is 0. The number of fused-ring (bicyclic) bond motifs is 2. The van der Waals surface area contributed by atoms with Crippen molar-refractivity contribution in [1.29, 1.82) is 0 Å². The third-order valence-corrected chi connectivity index (χ3v) is 6.87. The molecule has 1 aliphatic heterocycles. The van der Waals surface area contributed by atoms with Gasteiger partial charge in [0.25, 0.3) is 0 Å². The maximum Gasteiger partial charge on any atom is 0.340 e. The highest BCUT2D eigenvalue weighted by molar-refractivity contribution is 5.88. The molecule has 0 radical (unpaired) electrons. The van der Waals surface area contributed by atoms with Gasteiger partial charge in [-0.15, -0.1) is 0 Å². The quantitative estimate of drug-likeness (QED) is 0.470. The van der Waals surface area contributed by atoms with Crippen LogP contribution in [-0.2, 0) is 11.2 Å². The predicted molar refractivity (Wildman–Crippen MR) is 133 cm³/mol. The molecule has 1 N–H and O–H groups in total. The molecule has 1 saturated heterocycles. The molecule has 2 aromatic heterocycles. The fourth-order valence-corrected chi connectivity index (χ4v) is 4.72. The first kappa shape index (κ1) is 21.9. The molecule has 174 valence electrons. The van der Waals surface area contributed by atoms with Crippen molar-refractivity contribution in [3.05, 3.63) is 75.1 Å². The molecule has 0 saturated carbocycles. The monoisotopic (exact) mass is 457 g/mol. The third-order valence-electron chi connectivity index (χ3n) is 6.87. The second-order valence-corrected chi connectivity index (χ2v) is 8.94. The molecule has 3 heterocycles. The number of carbonyl (C=O) groups is 1. The summed E-state index contributed by atoms with van der Waals surface area (Å²) in [5, 5.41) is 11.8. The van der Waals surface area contributed by atoms with Gasteiger partial charge in [-0.2, -0.15) is 0 Å². The van der Waals surface area contributed by atoms with E-state index in [1.54, 1.807) is 24.0 Å². The van der Waals surface area contributed by atoms with Crippen LogP contribution >= 0.6 is 0 Å². The number of hydrogen-bond donors (Lipinski definition) is 1. The number of piperazine rings is 1. The molecule has 34 heavy (non-hydrogen) atoms. The molecule has 5 rings (SSSR count). The van der Waals surface area contributed by atoms with Crippen LogP contribution in [0.3, 0.4) is 0 Å². The number of aromatic hydroxyl groups is 1. The summed E-state index contributed by atoms with van der Waals surface area (Å²) >= 11 is 0. The van der Waals surface area contributed by atoms with Gasteiger partial charge in [-0.3, -0.25) is 4.79 Å². The van der Waals surface area contributed by atoms with Crippen molar-refractivity contribution in [3.8, 4) is 5.75 Å². The molecule has 0 atom stereocenters. The second-order valence-electron chi connectivity index (χ2n) is 8.94. The number of para-hydroxylation sites is 1. The molecule has 4 aromatic rings. The number of carbonyl (C=O) groups excluding carboxylic acids is 1. The fraction of sp³-hybridized carbons (Fsp3) is 0.296. The van der Waals surface area contributed by atoms with Crippen molar-refractivity contribution in [2.45, 2.75) is 27.2 Å². The lowest BCUT2D eigenvalue weighted by Gasteiger charge is -2.35. The topological polar surface area (TPSA) is 86.9 Å². The molecule has 7 nitrogen and oxygen atoms in total. The Hall–Kier alpha value is -3.87. The van der Waals surface area contributed by atoms with E-state index in [4.69, 9.17) is 9.40 Å². The van der Waals surface area contributed by atoms with E-state index in [2.05, 4.69) is 24.0 Å². The van der Waals surface area contributed by atoms with Gasteiger partial charge in [-0.1, -0.05) is 18.2 Å². The third kappa shape index (κ3) is 3.77. The van der Waals surface area contributed by atoms with Crippen molar-refractivity contribution in [1.82, 2.24) is 9.88 Å². The lowest BCUT2D eigenvalue weighted by Crippen LogP contribution is -2.49. The SMILES string of the molecule is Cc1cc(N2CCN(C(=O)Cc3c(C)c4ccc(O)c(C)c4oc3=O)CC2)nc2ccccc12. The Morgan fingerprint density at radius 2 is 1.74 bits per heavy atom. The van der Waals surface area contributed by atoms with Gasteiger partial charge in [0.05, 0.1) is 17.5 Å². The van der Waals surface area contributed by atoms with Crippen molar-refractivity contribution in [2.24, 2.45) is 0 Å². The van der Waals surface area contributed by atoms with E-state index in [-0.39, 0.29) is 18.1 Å². The number of hydrogen-bond acceptors (Lipinski definition) is 6. The molecule has 0 bridgehead atoms. The summed E-state index contributed by atoms with van der Waals surface area (Å²) in [5.74, 6) is 0.910. The van der Waals surface area contributed by atoms with Crippen molar-refractivity contribution < 1.29 is 14.3 Å². The van der Waals surface area contributed by atoms with Gasteiger partial charge in [0.2, 0.25) is 5.91 Å². The van der Waals surface area contributed by atoms with E-state index >= 15 is 0 Å². The fourth-order valence-electron chi connectivity index (χ4n) is 4.72. The van der Waals surface area contributed by atoms with Crippen LogP contribution in [0.2, 0.25) is 0 Å². The molecule has 1 amide bonds. The number of phenolic OH excluding ortho intramolecular Hbond substituents is 1. The maximum absolute atomic E-state index is 13.1. The van der Waals surface area contributed by atoms with Crippen LogP contribution in [0.5, 0.6) is 5.75 Å². The van der Waals surface area contributed by atoms with E-state index in [1.807, 2.05) is 25.1 Å². The highest BCUT2D eigenvalue weighted by atomic mass is 16.4. The lowest BCUT2D eigenvalue weighted by molar-refractivity contribution is -0.130. The van der Waals surface area contributed by atoms with Crippen molar-refractivity contribution >= 4 is 33.6 Å². The lowest BCUT2D eigenvalue weighted by atomic mass is 10.0. The standard InChI is InChI=1S/C27H27N3O4/c1-16-14-24(28-22-7-5-4-6-19(16)22)29-10-12-30(13-11-29)25(32)15-21-17(2)20-8-9-23(31)18(3)26(20)34-27(21)33/h4-9,14,31H,10-13,15H2,1-3H3. The average Bonchev–Trinajstić information content (AvgIpc) is 2.84. The Bertz CT molecular complexity index is 1480. The molecular formula is C27H27N3O4. The highest BCUT2D eigenvalue weighted by Gasteiger charge is 2.25. The van der Waals surface area contributed by atoms with Gasteiger partial charge in [0.15, 0.2) is 0 Å². The van der Waals surface area contributed by atoms with Crippen LogP contribution in [0.1, 0.15) is 22.3 Å². The van der Waals surface area contributed by atoms with Crippen molar-refractivity contribution in [3.63, 3.8) is 0 Å². The Balaban J connectivity index is 1.32. The summed E-state index contributed by atoms with van der Waals surface area (Å²) in [6.45, 7) is 8.11. The largest absolute Gasteiger partial charge is 0.508 e. The molecule has 7 heteroatoms. The number of aryl methyl sites for hydroxylation is 3. The second kappa shape index (κ2) is 8.48. The number of rotatable bonds is 3. The first-order valence-corrected chi connectivity index (χ1v) is 11.5. The van der Waals surface area contributed by atoms with Crippen LogP contribution < -0.4 is 10.5 Å². The summed E-state index contributed by atoms with van der Waals surface area (Å²) in [6, 6.07) is 13.5. The van der Waals surface area contributed by atoms with Gasteiger partial charge >= 0.3 is 5.63 Å². The van der Waals surface area contributed by atoms with E-state index < -0.39 is 5.63 Å². The minimum absolute atomic E-state index is 0.00262. The average molecular weight is 458 g/mol. The molecule has 2 aromatic carbocycles. The van der Waals surface area contributed by atoms with E-state index in [0.717, 1.165) is 27.7 Å². The van der Waals surface area contributed by atoms with E-state index in [9.17, 15) is 14.7 Å². The summed E-state index contributed by atoms with van der Waals surface area (Å²) < 4.78 is 5.49. The minimum atomic E-state index is -0.526.